The SMILES string of the molecule is Cc1c(C(=O)OC(C)(C)C)sc(NC(=O)Nc2cc(Cc3ccccc3)cc3c2Cc2ccccc2-3)c1C#N. The highest BCUT2D eigenvalue weighted by atomic mass is 32.1. The van der Waals surface area contributed by atoms with E-state index < -0.39 is 17.6 Å². The van der Waals surface area contributed by atoms with Crippen molar-refractivity contribution in [3.05, 3.63) is 105 Å². The number of carbonyl (C=O) groups excluding carboxylic acids is 2. The molecule has 1 aromatic heterocycles. The van der Waals surface area contributed by atoms with Crippen LogP contribution >= 0.6 is 11.3 Å². The Morgan fingerprint density at radius 3 is 2.41 bits per heavy atom. The molecule has 6 nitrogen and oxygen atoms in total. The number of esters is 1. The number of hydrogen-bond acceptors (Lipinski definition) is 5. The molecule has 1 aliphatic carbocycles. The average molecular weight is 536 g/mol. The van der Waals surface area contributed by atoms with Gasteiger partial charge in [0.25, 0.3) is 0 Å². The molecular formula is C32H29N3O3S. The van der Waals surface area contributed by atoms with E-state index in [1.54, 1.807) is 27.7 Å². The maximum Gasteiger partial charge on any atom is 0.349 e. The highest BCUT2D eigenvalue weighted by Crippen LogP contribution is 2.42. The number of rotatable bonds is 5. The first-order chi connectivity index (χ1) is 18.6. The molecule has 0 saturated carbocycles. The number of thiophene rings is 1. The second-order valence-electron chi connectivity index (χ2n) is 10.6. The standard InChI is InChI=1S/C32H29N3O3S/c1-19-26(18-33)29(39-28(19)30(36)38-32(2,3)4)35-31(37)34-27-16-21(14-20-10-6-5-7-11-20)15-24-23-13-9-8-12-22(23)17-25(24)27/h5-13,15-16H,14,17H2,1-4H3,(H2,34,35,37). The predicted octanol–water partition coefficient (Wildman–Crippen LogP) is 7.69. The summed E-state index contributed by atoms with van der Waals surface area (Å²) in [5, 5.41) is 15.9. The number of fused-ring (bicyclic) bond motifs is 3. The molecule has 0 unspecified atom stereocenters. The van der Waals surface area contributed by atoms with Crippen LogP contribution in [-0.4, -0.2) is 17.6 Å². The Bertz CT molecular complexity index is 1630. The molecule has 3 aromatic carbocycles. The summed E-state index contributed by atoms with van der Waals surface area (Å²) in [6.45, 7) is 7.05. The Balaban J connectivity index is 1.44. The number of ether oxygens (including phenoxy) is 1. The van der Waals surface area contributed by atoms with E-state index in [0.29, 0.717) is 15.4 Å². The second kappa shape index (κ2) is 10.4. The Labute approximate surface area is 232 Å². The van der Waals surface area contributed by atoms with Crippen LogP contribution in [0.25, 0.3) is 11.1 Å². The van der Waals surface area contributed by atoms with Crippen LogP contribution in [-0.2, 0) is 17.6 Å². The number of nitriles is 1. The van der Waals surface area contributed by atoms with Gasteiger partial charge in [-0.25, -0.2) is 9.59 Å². The largest absolute Gasteiger partial charge is 0.456 e. The van der Waals surface area contributed by atoms with Crippen LogP contribution < -0.4 is 10.6 Å². The van der Waals surface area contributed by atoms with Gasteiger partial charge in [0.2, 0.25) is 0 Å². The summed E-state index contributed by atoms with van der Waals surface area (Å²) < 4.78 is 5.49. The van der Waals surface area contributed by atoms with Gasteiger partial charge in [-0.05, 0) is 79.1 Å². The monoisotopic (exact) mass is 535 g/mol. The van der Waals surface area contributed by atoms with Crippen molar-refractivity contribution >= 4 is 34.0 Å². The van der Waals surface area contributed by atoms with Gasteiger partial charge >= 0.3 is 12.0 Å². The molecule has 1 heterocycles. The minimum atomic E-state index is -0.673. The first-order valence-corrected chi connectivity index (χ1v) is 13.6. The molecule has 0 aliphatic heterocycles. The van der Waals surface area contributed by atoms with E-state index in [9.17, 15) is 14.9 Å². The van der Waals surface area contributed by atoms with Crippen molar-refractivity contribution in [1.82, 2.24) is 0 Å². The number of hydrogen-bond donors (Lipinski definition) is 2. The first kappa shape index (κ1) is 26.2. The highest BCUT2D eigenvalue weighted by Gasteiger charge is 2.27. The molecule has 4 aromatic rings. The van der Waals surface area contributed by atoms with Crippen molar-refractivity contribution in [2.75, 3.05) is 10.6 Å². The number of anilines is 2. The van der Waals surface area contributed by atoms with Crippen LogP contribution in [0, 0.1) is 18.3 Å². The van der Waals surface area contributed by atoms with E-state index in [0.717, 1.165) is 46.6 Å². The quantitative estimate of drug-likeness (QED) is 0.226. The zero-order chi connectivity index (χ0) is 27.7. The minimum Gasteiger partial charge on any atom is -0.456 e. The number of amides is 2. The lowest BCUT2D eigenvalue weighted by Crippen LogP contribution is -2.23. The Morgan fingerprint density at radius 1 is 0.974 bits per heavy atom. The molecule has 0 bridgehead atoms. The third kappa shape index (κ3) is 5.57. The zero-order valence-corrected chi connectivity index (χ0v) is 23.2. The zero-order valence-electron chi connectivity index (χ0n) is 22.3. The fourth-order valence-electron chi connectivity index (χ4n) is 4.85. The third-order valence-corrected chi connectivity index (χ3v) is 7.74. The topological polar surface area (TPSA) is 91.2 Å². The van der Waals surface area contributed by atoms with E-state index in [2.05, 4.69) is 47.0 Å². The summed E-state index contributed by atoms with van der Waals surface area (Å²) in [6.07, 6.45) is 1.45. The number of benzene rings is 3. The average Bonchev–Trinajstić information content (AvgIpc) is 3.41. The van der Waals surface area contributed by atoms with E-state index >= 15 is 0 Å². The Kier molecular flexibility index (Phi) is 6.98. The molecule has 0 saturated heterocycles. The molecule has 1 aliphatic rings. The molecule has 5 rings (SSSR count). The summed E-state index contributed by atoms with van der Waals surface area (Å²) in [5.41, 5.74) is 7.64. The Morgan fingerprint density at radius 2 is 1.69 bits per heavy atom. The van der Waals surface area contributed by atoms with Crippen LogP contribution in [0.15, 0.2) is 66.7 Å². The lowest BCUT2D eigenvalue weighted by atomic mass is 9.97. The predicted molar refractivity (Wildman–Crippen MR) is 156 cm³/mol. The number of urea groups is 1. The molecule has 0 spiro atoms. The van der Waals surface area contributed by atoms with Gasteiger partial charge in [-0.15, -0.1) is 11.3 Å². The summed E-state index contributed by atoms with van der Waals surface area (Å²) in [5.74, 6) is -0.515. The van der Waals surface area contributed by atoms with Crippen LogP contribution in [0.2, 0.25) is 0 Å². The van der Waals surface area contributed by atoms with E-state index in [1.807, 2.05) is 36.4 Å². The van der Waals surface area contributed by atoms with Gasteiger partial charge in [-0.3, -0.25) is 5.32 Å². The molecular weight excluding hydrogens is 506 g/mol. The van der Waals surface area contributed by atoms with Crippen molar-refractivity contribution < 1.29 is 14.3 Å². The van der Waals surface area contributed by atoms with Crippen molar-refractivity contribution in [3.8, 4) is 17.2 Å². The van der Waals surface area contributed by atoms with E-state index in [1.165, 1.54) is 16.7 Å². The first-order valence-electron chi connectivity index (χ1n) is 12.8. The van der Waals surface area contributed by atoms with Gasteiger partial charge in [0.15, 0.2) is 0 Å². The van der Waals surface area contributed by atoms with Crippen molar-refractivity contribution in [2.45, 2.75) is 46.1 Å². The number of nitrogens with one attached hydrogen (secondary N) is 2. The molecule has 0 radical (unpaired) electrons. The second-order valence-corrected chi connectivity index (χ2v) is 11.6. The van der Waals surface area contributed by atoms with Gasteiger partial charge in [0, 0.05) is 12.1 Å². The summed E-state index contributed by atoms with van der Waals surface area (Å²) >= 11 is 1.05. The maximum absolute atomic E-state index is 13.3. The minimum absolute atomic E-state index is 0.256. The van der Waals surface area contributed by atoms with Crippen LogP contribution in [0.5, 0.6) is 0 Å². The normalized spacial score (nSPS) is 11.8. The summed E-state index contributed by atoms with van der Waals surface area (Å²) in [4.78, 5) is 26.3. The fourth-order valence-corrected chi connectivity index (χ4v) is 5.88. The molecule has 0 fully saturated rings. The van der Waals surface area contributed by atoms with Crippen molar-refractivity contribution in [3.63, 3.8) is 0 Å². The molecule has 7 heteroatoms. The number of carbonyl (C=O) groups is 2. The van der Waals surface area contributed by atoms with Gasteiger partial charge in [-0.2, -0.15) is 5.26 Å². The van der Waals surface area contributed by atoms with Gasteiger partial charge < -0.3 is 10.1 Å². The maximum atomic E-state index is 13.3. The van der Waals surface area contributed by atoms with Crippen LogP contribution in [0.4, 0.5) is 15.5 Å². The molecule has 2 N–H and O–H groups in total. The lowest BCUT2D eigenvalue weighted by Gasteiger charge is -2.19. The Hall–Kier alpha value is -4.41. The fraction of sp³-hybridized carbons (Fsp3) is 0.219. The molecule has 0 atom stereocenters. The van der Waals surface area contributed by atoms with Crippen molar-refractivity contribution in [2.24, 2.45) is 0 Å². The van der Waals surface area contributed by atoms with Gasteiger partial charge in [-0.1, -0.05) is 60.7 Å². The van der Waals surface area contributed by atoms with E-state index in [4.69, 9.17) is 4.74 Å². The highest BCUT2D eigenvalue weighted by molar-refractivity contribution is 7.18. The van der Waals surface area contributed by atoms with Crippen molar-refractivity contribution in [1.29, 1.82) is 5.26 Å². The van der Waals surface area contributed by atoms with Crippen LogP contribution in [0.3, 0.4) is 0 Å². The number of nitrogens with zero attached hydrogens (tertiary/aromatic N) is 1. The molecule has 196 valence electrons. The van der Waals surface area contributed by atoms with Crippen LogP contribution in [0.1, 0.15) is 63.8 Å². The molecule has 2 amide bonds. The molecule has 39 heavy (non-hydrogen) atoms. The third-order valence-electron chi connectivity index (χ3n) is 6.55. The lowest BCUT2D eigenvalue weighted by molar-refractivity contribution is 0.00744. The summed E-state index contributed by atoms with van der Waals surface area (Å²) in [7, 11) is 0. The van der Waals surface area contributed by atoms with Gasteiger partial charge in [0.05, 0.1) is 5.56 Å². The smallest absolute Gasteiger partial charge is 0.349 e. The van der Waals surface area contributed by atoms with E-state index in [-0.39, 0.29) is 5.56 Å². The summed E-state index contributed by atoms with van der Waals surface area (Å²) in [6, 6.07) is 24.4. The van der Waals surface area contributed by atoms with Gasteiger partial charge in [0.1, 0.15) is 21.5 Å².